The van der Waals surface area contributed by atoms with Crippen LogP contribution in [0.4, 0.5) is 0 Å². The van der Waals surface area contributed by atoms with Crippen LogP contribution in [0.2, 0.25) is 0 Å². The summed E-state index contributed by atoms with van der Waals surface area (Å²) >= 11 is 0. The van der Waals surface area contributed by atoms with E-state index < -0.39 is 11.4 Å². The van der Waals surface area contributed by atoms with Crippen molar-refractivity contribution in [3.8, 4) is 0 Å². The molecule has 1 unspecified atom stereocenters. The number of nitrogens with zero attached hydrogens (tertiary/aromatic N) is 1. The predicted octanol–water partition coefficient (Wildman–Crippen LogP) is 2.24. The Bertz CT molecular complexity index is 321. The van der Waals surface area contributed by atoms with Gasteiger partial charge in [0, 0.05) is 13.2 Å². The molecular weight excluding hydrogens is 242 g/mol. The molecule has 19 heavy (non-hydrogen) atoms. The molecule has 0 amide bonds. The second-order valence-electron chi connectivity index (χ2n) is 7.30. The normalized spacial score (nSPS) is 30.7. The smallest absolute Gasteiger partial charge is 0.313 e. The number of carboxylic acids is 1. The molecule has 4 nitrogen and oxygen atoms in total. The molecule has 110 valence electrons. The lowest BCUT2D eigenvalue weighted by molar-refractivity contribution is -0.150. The molecule has 2 fully saturated rings. The first-order chi connectivity index (χ1) is 8.83. The second-order valence-corrected chi connectivity index (χ2v) is 7.30. The number of ether oxygens (including phenoxy) is 1. The lowest BCUT2D eigenvalue weighted by Crippen LogP contribution is -2.47. The number of hydrogen-bond donors (Lipinski definition) is 1. The number of hydrogen-bond acceptors (Lipinski definition) is 3. The molecule has 0 aromatic heterocycles. The van der Waals surface area contributed by atoms with Gasteiger partial charge in [-0.3, -0.25) is 4.79 Å². The molecule has 0 aromatic rings. The molecule has 4 heteroatoms. The fourth-order valence-corrected chi connectivity index (χ4v) is 3.35. The van der Waals surface area contributed by atoms with E-state index >= 15 is 0 Å². The largest absolute Gasteiger partial charge is 0.481 e. The van der Waals surface area contributed by atoms with E-state index in [1.807, 2.05) is 0 Å². The third kappa shape index (κ3) is 3.29. The molecule has 2 saturated heterocycles. The van der Waals surface area contributed by atoms with E-state index in [4.69, 9.17) is 4.74 Å². The summed E-state index contributed by atoms with van der Waals surface area (Å²) in [6, 6.07) is 0. The van der Waals surface area contributed by atoms with Gasteiger partial charge in [0.15, 0.2) is 0 Å². The zero-order valence-electron chi connectivity index (χ0n) is 12.4. The van der Waals surface area contributed by atoms with Crippen molar-refractivity contribution in [2.24, 2.45) is 16.7 Å². The van der Waals surface area contributed by atoms with Crippen LogP contribution in [0.15, 0.2) is 0 Å². The van der Waals surface area contributed by atoms with Gasteiger partial charge < -0.3 is 14.7 Å². The van der Waals surface area contributed by atoms with Crippen LogP contribution in [0.5, 0.6) is 0 Å². The van der Waals surface area contributed by atoms with E-state index in [-0.39, 0.29) is 0 Å². The number of likely N-dealkylation sites (tertiary alicyclic amines) is 1. The first-order valence-corrected chi connectivity index (χ1v) is 7.37. The number of piperidine rings is 1. The van der Waals surface area contributed by atoms with Crippen LogP contribution in [0.1, 0.15) is 40.0 Å². The summed E-state index contributed by atoms with van der Waals surface area (Å²) in [5.74, 6) is 0.0623. The third-order valence-corrected chi connectivity index (χ3v) is 4.90. The maximum Gasteiger partial charge on any atom is 0.313 e. The SMILES string of the molecule is CC(C)(C)C1CCN(CC2(C(=O)O)CCOC2)CC1. The van der Waals surface area contributed by atoms with Gasteiger partial charge in [-0.15, -0.1) is 0 Å². The number of carboxylic acid groups (broad SMARTS) is 1. The van der Waals surface area contributed by atoms with Crippen LogP contribution >= 0.6 is 0 Å². The van der Waals surface area contributed by atoms with Crippen LogP contribution in [-0.4, -0.2) is 48.8 Å². The van der Waals surface area contributed by atoms with Gasteiger partial charge in [-0.05, 0) is 43.7 Å². The van der Waals surface area contributed by atoms with Gasteiger partial charge in [0.05, 0.1) is 6.61 Å². The minimum atomic E-state index is -0.692. The van der Waals surface area contributed by atoms with Gasteiger partial charge in [0.2, 0.25) is 0 Å². The Morgan fingerprint density at radius 1 is 1.37 bits per heavy atom. The van der Waals surface area contributed by atoms with Crippen molar-refractivity contribution in [1.29, 1.82) is 0 Å². The zero-order valence-corrected chi connectivity index (χ0v) is 12.4. The topological polar surface area (TPSA) is 49.8 Å². The summed E-state index contributed by atoms with van der Waals surface area (Å²) in [5, 5.41) is 9.47. The monoisotopic (exact) mass is 269 g/mol. The fourth-order valence-electron chi connectivity index (χ4n) is 3.35. The van der Waals surface area contributed by atoms with Crippen molar-refractivity contribution in [2.45, 2.75) is 40.0 Å². The molecule has 0 radical (unpaired) electrons. The highest BCUT2D eigenvalue weighted by molar-refractivity contribution is 5.75. The second kappa shape index (κ2) is 5.41. The maximum absolute atomic E-state index is 11.5. The number of rotatable bonds is 3. The van der Waals surface area contributed by atoms with Crippen molar-refractivity contribution in [3.63, 3.8) is 0 Å². The van der Waals surface area contributed by atoms with Crippen molar-refractivity contribution in [1.82, 2.24) is 4.90 Å². The summed E-state index contributed by atoms with van der Waals surface area (Å²) in [7, 11) is 0. The van der Waals surface area contributed by atoms with Crippen molar-refractivity contribution in [3.05, 3.63) is 0 Å². The Labute approximate surface area is 116 Å². The highest BCUT2D eigenvalue weighted by Crippen LogP contribution is 2.36. The molecule has 0 saturated carbocycles. The lowest BCUT2D eigenvalue weighted by Gasteiger charge is -2.40. The minimum Gasteiger partial charge on any atom is -0.481 e. The first kappa shape index (κ1) is 14.8. The Morgan fingerprint density at radius 2 is 2.00 bits per heavy atom. The number of carbonyl (C=O) groups is 1. The highest BCUT2D eigenvalue weighted by atomic mass is 16.5. The summed E-state index contributed by atoms with van der Waals surface area (Å²) < 4.78 is 5.33. The van der Waals surface area contributed by atoms with Crippen molar-refractivity contribution in [2.75, 3.05) is 32.8 Å². The van der Waals surface area contributed by atoms with Crippen molar-refractivity contribution >= 4 is 5.97 Å². The van der Waals surface area contributed by atoms with Gasteiger partial charge in [0.25, 0.3) is 0 Å². The molecule has 1 N–H and O–H groups in total. The van der Waals surface area contributed by atoms with E-state index in [0.717, 1.165) is 19.0 Å². The summed E-state index contributed by atoms with van der Waals surface area (Å²) in [5.41, 5.74) is -0.290. The number of aliphatic carboxylic acids is 1. The standard InChI is InChI=1S/C15H27NO3/c1-14(2,3)12-4-7-16(8-5-12)10-15(13(17)18)6-9-19-11-15/h12H,4-11H2,1-3H3,(H,17,18). The van der Waals surface area contributed by atoms with E-state index in [9.17, 15) is 9.90 Å². The van der Waals surface area contributed by atoms with Gasteiger partial charge in [-0.1, -0.05) is 20.8 Å². The van der Waals surface area contributed by atoms with Gasteiger partial charge in [-0.25, -0.2) is 0 Å². The Kier molecular flexibility index (Phi) is 4.21. The van der Waals surface area contributed by atoms with Crippen molar-refractivity contribution < 1.29 is 14.6 Å². The lowest BCUT2D eigenvalue weighted by atomic mass is 9.75. The molecule has 0 aliphatic carbocycles. The maximum atomic E-state index is 11.5. The van der Waals surface area contributed by atoms with Crippen LogP contribution in [0.3, 0.4) is 0 Å². The zero-order chi connectivity index (χ0) is 14.1. The average molecular weight is 269 g/mol. The molecule has 2 heterocycles. The summed E-state index contributed by atoms with van der Waals surface area (Å²) in [6.45, 7) is 10.6. The summed E-state index contributed by atoms with van der Waals surface area (Å²) in [6.07, 6.45) is 3.02. The first-order valence-electron chi connectivity index (χ1n) is 7.37. The highest BCUT2D eigenvalue weighted by Gasteiger charge is 2.44. The Hall–Kier alpha value is -0.610. The molecule has 0 spiro atoms. The van der Waals surface area contributed by atoms with E-state index in [2.05, 4.69) is 25.7 Å². The molecular formula is C15H27NO3. The molecule has 2 aliphatic heterocycles. The van der Waals surface area contributed by atoms with Crippen LogP contribution < -0.4 is 0 Å². The molecule has 2 rings (SSSR count). The Morgan fingerprint density at radius 3 is 2.42 bits per heavy atom. The molecule has 0 bridgehead atoms. The van der Waals surface area contributed by atoms with Gasteiger partial charge >= 0.3 is 5.97 Å². The van der Waals surface area contributed by atoms with Crippen LogP contribution in [0.25, 0.3) is 0 Å². The van der Waals surface area contributed by atoms with Crippen LogP contribution in [-0.2, 0) is 9.53 Å². The average Bonchev–Trinajstić information content (AvgIpc) is 2.78. The fraction of sp³-hybridized carbons (Fsp3) is 0.933. The van der Waals surface area contributed by atoms with E-state index in [0.29, 0.717) is 31.6 Å². The quantitative estimate of drug-likeness (QED) is 0.853. The molecule has 1 atom stereocenters. The molecule has 2 aliphatic rings. The van der Waals surface area contributed by atoms with Crippen LogP contribution in [0, 0.1) is 16.7 Å². The van der Waals surface area contributed by atoms with Gasteiger partial charge in [-0.2, -0.15) is 0 Å². The predicted molar refractivity (Wildman–Crippen MR) is 74.1 cm³/mol. The third-order valence-electron chi connectivity index (χ3n) is 4.90. The minimum absolute atomic E-state index is 0.368. The summed E-state index contributed by atoms with van der Waals surface area (Å²) in [4.78, 5) is 13.8. The van der Waals surface area contributed by atoms with E-state index in [1.54, 1.807) is 0 Å². The molecule has 0 aromatic carbocycles. The van der Waals surface area contributed by atoms with E-state index in [1.165, 1.54) is 12.8 Å². The Balaban J connectivity index is 1.90. The van der Waals surface area contributed by atoms with Gasteiger partial charge in [0.1, 0.15) is 5.41 Å².